The van der Waals surface area contributed by atoms with Crippen LogP contribution in [-0.2, 0) is 10.0 Å². The Hall–Kier alpha value is -1.48. The fourth-order valence-corrected chi connectivity index (χ4v) is 6.93. The smallest absolute Gasteiger partial charge is 0.253 e. The van der Waals surface area contributed by atoms with Crippen LogP contribution in [0.15, 0.2) is 23.1 Å². The molecule has 1 atom stereocenters. The average Bonchev–Trinajstić information content (AvgIpc) is 2.79. The van der Waals surface area contributed by atoms with Gasteiger partial charge in [0, 0.05) is 57.4 Å². The summed E-state index contributed by atoms with van der Waals surface area (Å²) < 4.78 is 28.0. The Labute approximate surface area is 187 Å². The molecule has 0 spiro atoms. The molecule has 0 aromatic heterocycles. The van der Waals surface area contributed by atoms with Gasteiger partial charge in [0.05, 0.1) is 4.90 Å². The Morgan fingerprint density at radius 1 is 0.935 bits per heavy atom. The predicted octanol–water partition coefficient (Wildman–Crippen LogP) is 2.02. The highest BCUT2D eigenvalue weighted by atomic mass is 32.2. The number of hydrogen-bond donors (Lipinski definition) is 0. The molecule has 1 aromatic carbocycles. The molecule has 31 heavy (non-hydrogen) atoms. The summed E-state index contributed by atoms with van der Waals surface area (Å²) in [5.41, 5.74) is 1.18. The van der Waals surface area contributed by atoms with Gasteiger partial charge in [-0.15, -0.1) is 0 Å². The number of piperidine rings is 2. The number of rotatable bonds is 4. The Bertz CT molecular complexity index is 890. The zero-order valence-electron chi connectivity index (χ0n) is 18.9. The van der Waals surface area contributed by atoms with E-state index < -0.39 is 10.0 Å². The van der Waals surface area contributed by atoms with Crippen molar-refractivity contribution < 1.29 is 13.2 Å². The van der Waals surface area contributed by atoms with Gasteiger partial charge in [-0.1, -0.05) is 12.5 Å². The highest BCUT2D eigenvalue weighted by molar-refractivity contribution is 7.89. The van der Waals surface area contributed by atoms with E-state index in [1.165, 1.54) is 19.4 Å². The summed E-state index contributed by atoms with van der Waals surface area (Å²) in [6, 6.07) is 5.73. The van der Waals surface area contributed by atoms with Gasteiger partial charge in [-0.05, 0) is 63.9 Å². The Balaban J connectivity index is 1.44. The Morgan fingerprint density at radius 2 is 1.65 bits per heavy atom. The van der Waals surface area contributed by atoms with Crippen molar-refractivity contribution in [1.29, 1.82) is 0 Å². The van der Waals surface area contributed by atoms with Crippen LogP contribution in [0.5, 0.6) is 0 Å². The number of likely N-dealkylation sites (N-methyl/N-ethyl adjacent to an activating group) is 1. The number of carbonyl (C=O) groups excluding carboxylic acids is 1. The third kappa shape index (κ3) is 4.97. The first-order valence-electron chi connectivity index (χ1n) is 11.7. The number of benzene rings is 1. The van der Waals surface area contributed by atoms with Crippen LogP contribution >= 0.6 is 0 Å². The summed E-state index contributed by atoms with van der Waals surface area (Å²) in [4.78, 5) is 20.3. The highest BCUT2D eigenvalue weighted by Crippen LogP contribution is 2.25. The first-order valence-corrected chi connectivity index (χ1v) is 13.1. The zero-order valence-corrected chi connectivity index (χ0v) is 19.7. The lowest BCUT2D eigenvalue weighted by Crippen LogP contribution is -2.55. The minimum absolute atomic E-state index is 0.0597. The molecule has 172 valence electrons. The summed E-state index contributed by atoms with van der Waals surface area (Å²) in [5.74, 6) is -0.0597. The van der Waals surface area contributed by atoms with Crippen molar-refractivity contribution in [2.45, 2.75) is 50.0 Å². The van der Waals surface area contributed by atoms with Crippen molar-refractivity contribution in [2.75, 3.05) is 59.4 Å². The maximum Gasteiger partial charge on any atom is 0.253 e. The molecule has 7 nitrogen and oxygen atoms in total. The number of likely N-dealkylation sites (tertiary alicyclic amines) is 1. The fourth-order valence-electron chi connectivity index (χ4n) is 5.17. The predicted molar refractivity (Wildman–Crippen MR) is 122 cm³/mol. The van der Waals surface area contributed by atoms with E-state index in [9.17, 15) is 13.2 Å². The van der Waals surface area contributed by atoms with E-state index in [2.05, 4.69) is 16.8 Å². The molecule has 0 N–H and O–H groups in total. The maximum absolute atomic E-state index is 13.2. The molecule has 0 saturated carbocycles. The lowest BCUT2D eigenvalue weighted by molar-refractivity contribution is 0.0452. The molecule has 0 radical (unpaired) electrons. The second-order valence-corrected chi connectivity index (χ2v) is 11.2. The van der Waals surface area contributed by atoms with Crippen LogP contribution in [0.4, 0.5) is 0 Å². The molecule has 1 amide bonds. The summed E-state index contributed by atoms with van der Waals surface area (Å²) in [6.45, 7) is 8.38. The number of piperazine rings is 1. The average molecular weight is 449 g/mol. The van der Waals surface area contributed by atoms with Crippen molar-refractivity contribution in [1.82, 2.24) is 19.0 Å². The molecule has 0 aliphatic carbocycles. The second kappa shape index (κ2) is 9.57. The number of nitrogens with zero attached hydrogens (tertiary/aromatic N) is 4. The molecular weight excluding hydrogens is 412 g/mol. The summed E-state index contributed by atoms with van der Waals surface area (Å²) in [5, 5.41) is 0. The SMILES string of the molecule is Cc1ccc(C(=O)N2CCN(C3CCCN(C)C3)CC2)cc1S(=O)(=O)N1CCCCC1. The minimum Gasteiger partial charge on any atom is -0.336 e. The number of aryl methyl sites for hydroxylation is 1. The van der Waals surface area contributed by atoms with Gasteiger partial charge in [-0.25, -0.2) is 8.42 Å². The number of carbonyl (C=O) groups is 1. The molecule has 3 heterocycles. The monoisotopic (exact) mass is 448 g/mol. The maximum atomic E-state index is 13.2. The third-order valence-corrected chi connectivity index (χ3v) is 9.13. The van der Waals surface area contributed by atoms with Crippen LogP contribution in [0, 0.1) is 6.92 Å². The molecule has 3 saturated heterocycles. The van der Waals surface area contributed by atoms with E-state index in [4.69, 9.17) is 0 Å². The van der Waals surface area contributed by atoms with Crippen LogP contribution in [0.3, 0.4) is 0 Å². The van der Waals surface area contributed by atoms with Gasteiger partial charge in [0.15, 0.2) is 0 Å². The molecule has 0 bridgehead atoms. The Morgan fingerprint density at radius 3 is 2.32 bits per heavy atom. The number of hydrogen-bond acceptors (Lipinski definition) is 5. The molecule has 1 unspecified atom stereocenters. The quantitative estimate of drug-likeness (QED) is 0.705. The van der Waals surface area contributed by atoms with Crippen molar-refractivity contribution in [3.05, 3.63) is 29.3 Å². The molecule has 3 aliphatic rings. The molecule has 8 heteroatoms. The molecule has 1 aromatic rings. The largest absolute Gasteiger partial charge is 0.336 e. The van der Waals surface area contributed by atoms with E-state index in [-0.39, 0.29) is 10.8 Å². The van der Waals surface area contributed by atoms with Crippen LogP contribution in [0.1, 0.15) is 48.0 Å². The van der Waals surface area contributed by atoms with E-state index >= 15 is 0 Å². The fraction of sp³-hybridized carbons (Fsp3) is 0.696. The van der Waals surface area contributed by atoms with Gasteiger partial charge >= 0.3 is 0 Å². The van der Waals surface area contributed by atoms with Crippen molar-refractivity contribution >= 4 is 15.9 Å². The summed E-state index contributed by atoms with van der Waals surface area (Å²) in [7, 11) is -1.38. The van der Waals surface area contributed by atoms with E-state index in [1.54, 1.807) is 22.5 Å². The number of amides is 1. The van der Waals surface area contributed by atoms with E-state index in [0.29, 0.717) is 43.3 Å². The minimum atomic E-state index is -3.56. The van der Waals surface area contributed by atoms with Gasteiger partial charge in [-0.3, -0.25) is 9.69 Å². The van der Waals surface area contributed by atoms with Crippen LogP contribution < -0.4 is 0 Å². The zero-order chi connectivity index (χ0) is 22.0. The highest BCUT2D eigenvalue weighted by Gasteiger charge is 2.31. The van der Waals surface area contributed by atoms with Gasteiger partial charge in [0.25, 0.3) is 5.91 Å². The second-order valence-electron chi connectivity index (χ2n) is 9.33. The van der Waals surface area contributed by atoms with Crippen molar-refractivity contribution in [3.63, 3.8) is 0 Å². The first kappa shape index (κ1) is 22.7. The Kier molecular flexibility index (Phi) is 7.01. The van der Waals surface area contributed by atoms with Crippen molar-refractivity contribution in [2.24, 2.45) is 0 Å². The third-order valence-electron chi connectivity index (χ3n) is 7.09. The number of sulfonamides is 1. The summed E-state index contributed by atoms with van der Waals surface area (Å²) in [6.07, 6.45) is 5.34. The van der Waals surface area contributed by atoms with Gasteiger partial charge in [0.1, 0.15) is 0 Å². The molecule has 4 rings (SSSR count). The lowest BCUT2D eigenvalue weighted by atomic mass is 10.0. The normalized spacial score (nSPS) is 25.0. The van der Waals surface area contributed by atoms with Crippen molar-refractivity contribution in [3.8, 4) is 0 Å². The van der Waals surface area contributed by atoms with Gasteiger partial charge < -0.3 is 9.80 Å². The van der Waals surface area contributed by atoms with Gasteiger partial charge in [-0.2, -0.15) is 4.31 Å². The van der Waals surface area contributed by atoms with Crippen LogP contribution in [0.2, 0.25) is 0 Å². The van der Waals surface area contributed by atoms with E-state index in [0.717, 1.165) is 38.9 Å². The van der Waals surface area contributed by atoms with E-state index in [1.807, 2.05) is 11.8 Å². The summed E-state index contributed by atoms with van der Waals surface area (Å²) >= 11 is 0. The van der Waals surface area contributed by atoms with Gasteiger partial charge in [0.2, 0.25) is 10.0 Å². The lowest BCUT2D eigenvalue weighted by Gasteiger charge is -2.42. The van der Waals surface area contributed by atoms with Crippen LogP contribution in [0.25, 0.3) is 0 Å². The topological polar surface area (TPSA) is 64.2 Å². The molecule has 3 aliphatic heterocycles. The first-order chi connectivity index (χ1) is 14.9. The standard InChI is InChI=1S/C23H36N4O3S/c1-19-8-9-20(17-22(19)31(29,30)27-11-4-3-5-12-27)23(28)26-15-13-25(14-16-26)21-7-6-10-24(2)18-21/h8-9,17,21H,3-7,10-16,18H2,1-2H3. The molecule has 3 fully saturated rings. The molecular formula is C23H36N4O3S. The van der Waals surface area contributed by atoms with Crippen LogP contribution in [-0.4, -0.2) is 98.8 Å².